The Morgan fingerprint density at radius 2 is 1.42 bits per heavy atom. The van der Waals surface area contributed by atoms with Crippen LogP contribution in [-0.4, -0.2) is 23.6 Å². The SMILES string of the molecule is CCCc1ccc(C(Oc2ccc(C(=O)Nc3ccccc3OCCCC(=O)O)c(C)c2)c2ccc(CCC)cc2)cc1. The second-order valence-corrected chi connectivity index (χ2v) is 10.8. The molecule has 0 aliphatic carbocycles. The number of rotatable bonds is 15. The van der Waals surface area contributed by atoms with Crippen LogP contribution >= 0.6 is 0 Å². The van der Waals surface area contributed by atoms with Gasteiger partial charge < -0.3 is 19.9 Å². The summed E-state index contributed by atoms with van der Waals surface area (Å²) in [5, 5.41) is 11.8. The number of ether oxygens (including phenoxy) is 2. The van der Waals surface area contributed by atoms with E-state index in [0.717, 1.165) is 42.4 Å². The molecule has 0 heterocycles. The third-order valence-corrected chi connectivity index (χ3v) is 7.27. The Morgan fingerprint density at radius 1 is 0.814 bits per heavy atom. The van der Waals surface area contributed by atoms with Gasteiger partial charge in [-0.25, -0.2) is 0 Å². The van der Waals surface area contributed by atoms with Crippen LogP contribution in [0.1, 0.15) is 83.8 Å². The van der Waals surface area contributed by atoms with Crippen molar-refractivity contribution in [3.05, 3.63) is 124 Å². The number of carboxylic acid groups (broad SMARTS) is 1. The van der Waals surface area contributed by atoms with Crippen LogP contribution in [0.5, 0.6) is 11.5 Å². The van der Waals surface area contributed by atoms with Gasteiger partial charge in [0.15, 0.2) is 0 Å². The fourth-order valence-electron chi connectivity index (χ4n) is 5.02. The molecule has 1 amide bonds. The molecule has 0 unspecified atom stereocenters. The molecule has 4 aromatic rings. The molecule has 2 N–H and O–H groups in total. The van der Waals surface area contributed by atoms with Crippen molar-refractivity contribution < 1.29 is 24.2 Å². The summed E-state index contributed by atoms with van der Waals surface area (Å²) in [5.74, 6) is 0.0439. The first-order valence-electron chi connectivity index (χ1n) is 15.1. The van der Waals surface area contributed by atoms with Crippen molar-refractivity contribution >= 4 is 17.6 Å². The average molecular weight is 580 g/mol. The molecule has 4 aromatic carbocycles. The molecule has 0 fully saturated rings. The highest BCUT2D eigenvalue weighted by molar-refractivity contribution is 6.06. The van der Waals surface area contributed by atoms with Crippen LogP contribution in [0, 0.1) is 6.92 Å². The van der Waals surface area contributed by atoms with Gasteiger partial charge in [-0.05, 0) is 84.3 Å². The van der Waals surface area contributed by atoms with E-state index in [4.69, 9.17) is 14.6 Å². The third kappa shape index (κ3) is 8.95. The Kier molecular flexibility index (Phi) is 11.4. The molecule has 0 aliphatic heterocycles. The smallest absolute Gasteiger partial charge is 0.303 e. The highest BCUT2D eigenvalue weighted by Crippen LogP contribution is 2.31. The Morgan fingerprint density at radius 3 is 1.98 bits per heavy atom. The summed E-state index contributed by atoms with van der Waals surface area (Å²) in [6, 6.07) is 29.9. The summed E-state index contributed by atoms with van der Waals surface area (Å²) < 4.78 is 12.4. The predicted molar refractivity (Wildman–Crippen MR) is 171 cm³/mol. The molecule has 0 bridgehead atoms. The molecule has 4 rings (SSSR count). The average Bonchev–Trinajstić information content (AvgIpc) is 3.00. The number of carboxylic acids is 1. The minimum absolute atomic E-state index is 0.0251. The molecular formula is C37H41NO5. The quantitative estimate of drug-likeness (QED) is 0.138. The lowest BCUT2D eigenvalue weighted by atomic mass is 9.97. The van der Waals surface area contributed by atoms with Gasteiger partial charge in [0, 0.05) is 12.0 Å². The maximum Gasteiger partial charge on any atom is 0.303 e. The Labute approximate surface area is 254 Å². The van der Waals surface area contributed by atoms with Crippen molar-refractivity contribution in [1.82, 2.24) is 0 Å². The molecule has 6 heteroatoms. The third-order valence-electron chi connectivity index (χ3n) is 7.27. The second kappa shape index (κ2) is 15.6. The monoisotopic (exact) mass is 579 g/mol. The number of carbonyl (C=O) groups is 2. The van der Waals surface area contributed by atoms with Gasteiger partial charge in [-0.15, -0.1) is 0 Å². The lowest BCUT2D eigenvalue weighted by Gasteiger charge is -2.22. The van der Waals surface area contributed by atoms with Gasteiger partial charge in [0.1, 0.15) is 17.6 Å². The maximum absolute atomic E-state index is 13.3. The fraction of sp³-hybridized carbons (Fsp3) is 0.297. The molecular weight excluding hydrogens is 538 g/mol. The minimum atomic E-state index is -0.867. The molecule has 0 aromatic heterocycles. The van der Waals surface area contributed by atoms with E-state index < -0.39 is 5.97 Å². The van der Waals surface area contributed by atoms with Gasteiger partial charge in [0.2, 0.25) is 0 Å². The van der Waals surface area contributed by atoms with Gasteiger partial charge in [0.25, 0.3) is 5.91 Å². The van der Waals surface area contributed by atoms with E-state index in [1.165, 1.54) is 11.1 Å². The summed E-state index contributed by atoms with van der Waals surface area (Å²) >= 11 is 0. The number of carbonyl (C=O) groups excluding carboxylic acids is 1. The maximum atomic E-state index is 13.3. The zero-order valence-electron chi connectivity index (χ0n) is 25.3. The molecule has 0 saturated heterocycles. The first kappa shape index (κ1) is 31.4. The zero-order chi connectivity index (χ0) is 30.6. The van der Waals surface area contributed by atoms with E-state index in [-0.39, 0.29) is 25.0 Å². The molecule has 0 spiro atoms. The van der Waals surface area contributed by atoms with E-state index in [0.29, 0.717) is 29.2 Å². The number of hydrogen-bond acceptors (Lipinski definition) is 4. The van der Waals surface area contributed by atoms with Crippen LogP contribution in [0.25, 0.3) is 0 Å². The van der Waals surface area contributed by atoms with Gasteiger partial charge in [-0.1, -0.05) is 87.4 Å². The van der Waals surface area contributed by atoms with Crippen LogP contribution in [0.4, 0.5) is 5.69 Å². The van der Waals surface area contributed by atoms with E-state index >= 15 is 0 Å². The number of benzene rings is 4. The lowest BCUT2D eigenvalue weighted by molar-refractivity contribution is -0.137. The van der Waals surface area contributed by atoms with Crippen molar-refractivity contribution in [3.63, 3.8) is 0 Å². The summed E-state index contributed by atoms with van der Waals surface area (Å²) in [7, 11) is 0. The number of aliphatic carboxylic acids is 1. The standard InChI is InChI=1S/C37H41NO5/c1-4-9-27-14-18-29(19-15-27)36(30-20-16-28(10-5-2)17-21-30)43-31-22-23-32(26(3)25-31)37(41)38-33-11-6-7-12-34(33)42-24-8-13-35(39)40/h6-7,11-12,14-23,25,36H,4-5,8-10,13,24H2,1-3H3,(H,38,41)(H,39,40). The van der Waals surface area contributed by atoms with E-state index in [1.54, 1.807) is 18.2 Å². The summed E-state index contributed by atoms with van der Waals surface area (Å²) in [4.78, 5) is 24.1. The molecule has 224 valence electrons. The van der Waals surface area contributed by atoms with Crippen molar-refractivity contribution in [2.45, 2.75) is 65.4 Å². The van der Waals surface area contributed by atoms with Gasteiger partial charge >= 0.3 is 5.97 Å². The number of anilines is 1. The van der Waals surface area contributed by atoms with Crippen LogP contribution in [-0.2, 0) is 17.6 Å². The largest absolute Gasteiger partial charge is 0.491 e. The molecule has 0 atom stereocenters. The summed E-state index contributed by atoms with van der Waals surface area (Å²) in [5.41, 5.74) is 6.59. The number of amides is 1. The first-order chi connectivity index (χ1) is 20.9. The highest BCUT2D eigenvalue weighted by Gasteiger charge is 2.19. The van der Waals surface area contributed by atoms with Gasteiger partial charge in [-0.2, -0.15) is 0 Å². The predicted octanol–water partition coefficient (Wildman–Crippen LogP) is 8.56. The van der Waals surface area contributed by atoms with E-state index in [2.05, 4.69) is 67.7 Å². The lowest BCUT2D eigenvalue weighted by Crippen LogP contribution is -2.15. The Bertz CT molecular complexity index is 1450. The second-order valence-electron chi connectivity index (χ2n) is 10.8. The van der Waals surface area contributed by atoms with Crippen molar-refractivity contribution in [2.24, 2.45) is 0 Å². The van der Waals surface area contributed by atoms with Crippen LogP contribution in [0.2, 0.25) is 0 Å². The van der Waals surface area contributed by atoms with Gasteiger partial charge in [-0.3, -0.25) is 9.59 Å². The van der Waals surface area contributed by atoms with Crippen LogP contribution in [0.15, 0.2) is 91.0 Å². The molecule has 0 saturated carbocycles. The Balaban J connectivity index is 1.52. The normalized spacial score (nSPS) is 10.9. The first-order valence-corrected chi connectivity index (χ1v) is 15.1. The molecule has 0 radical (unpaired) electrons. The van der Waals surface area contributed by atoms with E-state index in [9.17, 15) is 9.59 Å². The van der Waals surface area contributed by atoms with Crippen molar-refractivity contribution in [3.8, 4) is 11.5 Å². The van der Waals surface area contributed by atoms with Gasteiger partial charge in [0.05, 0.1) is 12.3 Å². The zero-order valence-corrected chi connectivity index (χ0v) is 25.3. The van der Waals surface area contributed by atoms with Crippen molar-refractivity contribution in [1.29, 1.82) is 0 Å². The Hall–Kier alpha value is -4.58. The highest BCUT2D eigenvalue weighted by atomic mass is 16.5. The number of nitrogens with one attached hydrogen (secondary N) is 1. The number of hydrogen-bond donors (Lipinski definition) is 2. The number of para-hydroxylation sites is 2. The molecule has 43 heavy (non-hydrogen) atoms. The topological polar surface area (TPSA) is 84.9 Å². The van der Waals surface area contributed by atoms with Crippen LogP contribution < -0.4 is 14.8 Å². The minimum Gasteiger partial charge on any atom is -0.491 e. The molecule has 0 aliphatic rings. The molecule has 6 nitrogen and oxygen atoms in total. The summed E-state index contributed by atoms with van der Waals surface area (Å²) in [6.07, 6.45) is 4.40. The van der Waals surface area contributed by atoms with Crippen LogP contribution in [0.3, 0.4) is 0 Å². The van der Waals surface area contributed by atoms with Crippen molar-refractivity contribution in [2.75, 3.05) is 11.9 Å². The fourth-order valence-corrected chi connectivity index (χ4v) is 5.02. The summed E-state index contributed by atoms with van der Waals surface area (Å²) in [6.45, 7) is 6.50. The number of aryl methyl sites for hydroxylation is 3. The van der Waals surface area contributed by atoms with E-state index in [1.807, 2.05) is 31.2 Å².